The molecule has 3 fully saturated rings. The highest BCUT2D eigenvalue weighted by Gasteiger charge is 2.43. The van der Waals surface area contributed by atoms with Crippen LogP contribution in [0, 0.1) is 6.92 Å². The van der Waals surface area contributed by atoms with Gasteiger partial charge in [0, 0.05) is 43.3 Å². The van der Waals surface area contributed by atoms with Gasteiger partial charge in [-0.25, -0.2) is 4.98 Å². The highest BCUT2D eigenvalue weighted by molar-refractivity contribution is 6.06. The van der Waals surface area contributed by atoms with Crippen LogP contribution in [-0.2, 0) is 4.74 Å². The predicted molar refractivity (Wildman–Crippen MR) is 154 cm³/mol. The smallest absolute Gasteiger partial charge is 0.277 e. The van der Waals surface area contributed by atoms with Crippen molar-refractivity contribution >= 4 is 28.9 Å². The molecule has 3 aliphatic rings. The van der Waals surface area contributed by atoms with Crippen LogP contribution in [0.5, 0.6) is 0 Å². The number of carbonyl (C=O) groups is 2. The normalized spacial score (nSPS) is 24.1. The van der Waals surface area contributed by atoms with Crippen molar-refractivity contribution in [2.45, 2.75) is 50.2 Å². The zero-order valence-electron chi connectivity index (χ0n) is 23.3. The number of aryl methyl sites for hydroxylation is 1. The van der Waals surface area contributed by atoms with Crippen molar-refractivity contribution in [1.29, 1.82) is 0 Å². The lowest BCUT2D eigenvalue weighted by Crippen LogP contribution is -2.47. The molecule has 1 aromatic heterocycles. The van der Waals surface area contributed by atoms with Crippen LogP contribution in [0.4, 0.5) is 17.1 Å². The highest BCUT2D eigenvalue weighted by Crippen LogP contribution is 2.39. The van der Waals surface area contributed by atoms with Crippen molar-refractivity contribution in [1.82, 2.24) is 10.3 Å². The van der Waals surface area contributed by atoms with Gasteiger partial charge in [0.25, 0.3) is 11.8 Å². The number of benzene rings is 2. The molecule has 1 saturated carbocycles. The fourth-order valence-corrected chi connectivity index (χ4v) is 5.49. The van der Waals surface area contributed by atoms with E-state index in [0.717, 1.165) is 31.6 Å². The van der Waals surface area contributed by atoms with E-state index in [1.807, 2.05) is 12.1 Å². The molecule has 1 aliphatic carbocycles. The first-order chi connectivity index (χ1) is 20.3. The van der Waals surface area contributed by atoms with E-state index in [1.54, 1.807) is 18.2 Å². The van der Waals surface area contributed by atoms with Gasteiger partial charge in [-0.05, 0) is 49.6 Å². The van der Waals surface area contributed by atoms with Gasteiger partial charge in [0.1, 0.15) is 24.6 Å². The average Bonchev–Trinajstić information content (AvgIpc) is 3.67. The lowest BCUT2D eigenvalue weighted by molar-refractivity contribution is -0.0304. The maximum Gasteiger partial charge on any atom is 0.277 e. The number of hydrogen-bond donors (Lipinski definition) is 5. The summed E-state index contributed by atoms with van der Waals surface area (Å²) in [5.74, 6) is -0.213. The Morgan fingerprint density at radius 3 is 2.36 bits per heavy atom. The summed E-state index contributed by atoms with van der Waals surface area (Å²) in [5, 5.41) is 35.1. The third-order valence-electron chi connectivity index (χ3n) is 8.08. The first-order valence-corrected chi connectivity index (χ1v) is 14.2. The average molecular weight is 578 g/mol. The molecule has 12 heteroatoms. The van der Waals surface area contributed by atoms with Gasteiger partial charge >= 0.3 is 0 Å². The summed E-state index contributed by atoms with van der Waals surface area (Å²) in [6.07, 6.45) is -1.61. The minimum absolute atomic E-state index is 0.161. The number of piperazine rings is 1. The Bertz CT molecular complexity index is 1450. The molecule has 0 spiro atoms. The fraction of sp³-hybridized carbons (Fsp3) is 0.433. The first kappa shape index (κ1) is 28.2. The zero-order chi connectivity index (χ0) is 29.4. The quantitative estimate of drug-likeness (QED) is 0.266. The Kier molecular flexibility index (Phi) is 7.86. The van der Waals surface area contributed by atoms with Crippen LogP contribution in [0.1, 0.15) is 51.1 Å². The number of para-hydroxylation sites is 1. The number of aliphatic hydroxyl groups is 3. The van der Waals surface area contributed by atoms with Crippen molar-refractivity contribution in [3.63, 3.8) is 0 Å². The number of ether oxygens (including phenoxy) is 1. The molecule has 5 N–H and O–H groups in total. The van der Waals surface area contributed by atoms with Crippen molar-refractivity contribution in [3.8, 4) is 0 Å². The molecule has 2 aliphatic heterocycles. The monoisotopic (exact) mass is 577 g/mol. The Labute approximate surface area is 242 Å². The second kappa shape index (κ2) is 11.7. The first-order valence-electron chi connectivity index (χ1n) is 14.2. The SMILES string of the molecule is Cc1ccccc1N1CCN(c2ccc(C(=O)N[C@H]3O[C@@H](CO)[C@H](O)[C@@H]3O)cc2NC(=O)c2coc(C3CC3)n2)CC1. The van der Waals surface area contributed by atoms with Crippen LogP contribution in [0.25, 0.3) is 0 Å². The third-order valence-corrected chi connectivity index (χ3v) is 8.08. The molecule has 0 unspecified atom stereocenters. The van der Waals surface area contributed by atoms with Gasteiger partial charge in [-0.15, -0.1) is 0 Å². The summed E-state index contributed by atoms with van der Waals surface area (Å²) < 4.78 is 10.9. The van der Waals surface area contributed by atoms with Crippen LogP contribution in [0.2, 0.25) is 0 Å². The molecule has 2 saturated heterocycles. The molecular weight excluding hydrogens is 542 g/mol. The van der Waals surface area contributed by atoms with E-state index in [4.69, 9.17) is 9.15 Å². The van der Waals surface area contributed by atoms with Gasteiger partial charge in [0.05, 0.1) is 18.0 Å². The molecule has 2 amide bonds. The number of carbonyl (C=O) groups excluding carboxylic acids is 2. The number of aromatic nitrogens is 1. The minimum atomic E-state index is -1.40. The lowest BCUT2D eigenvalue weighted by Gasteiger charge is -2.38. The number of nitrogens with zero attached hydrogens (tertiary/aromatic N) is 3. The maximum atomic E-state index is 13.2. The second-order valence-corrected chi connectivity index (χ2v) is 11.0. The van der Waals surface area contributed by atoms with E-state index in [9.17, 15) is 24.9 Å². The minimum Gasteiger partial charge on any atom is -0.448 e. The molecule has 42 heavy (non-hydrogen) atoms. The summed E-state index contributed by atoms with van der Waals surface area (Å²) in [5.41, 5.74) is 3.96. The van der Waals surface area contributed by atoms with Gasteiger partial charge in [-0.3, -0.25) is 9.59 Å². The van der Waals surface area contributed by atoms with Gasteiger partial charge < -0.3 is 44.9 Å². The molecule has 12 nitrogen and oxygen atoms in total. The second-order valence-electron chi connectivity index (χ2n) is 11.0. The third kappa shape index (κ3) is 5.71. The van der Waals surface area contributed by atoms with Crippen LogP contribution in [-0.4, -0.2) is 89.4 Å². The van der Waals surface area contributed by atoms with Crippen molar-refractivity contribution in [2.75, 3.05) is 47.9 Å². The number of nitrogens with one attached hydrogen (secondary N) is 2. The standard InChI is InChI=1S/C30H35N5O7/c1-17-4-2-3-5-22(17)34-10-12-35(13-11-34)23-9-8-19(27(39)33-30-26(38)25(37)24(15-36)42-30)14-20(23)31-28(40)21-16-41-29(32-21)18-6-7-18/h2-5,8-9,14,16,18,24-26,30,36-38H,6-7,10-13,15H2,1H3,(H,31,40)(H,33,39)/t24-,25-,26-,30-/m0/s1. The van der Waals surface area contributed by atoms with Crippen LogP contribution in [0.3, 0.4) is 0 Å². The Morgan fingerprint density at radius 1 is 0.976 bits per heavy atom. The molecule has 3 heterocycles. The number of amides is 2. The summed E-state index contributed by atoms with van der Waals surface area (Å²) in [6.45, 7) is 4.54. The molecule has 222 valence electrons. The van der Waals surface area contributed by atoms with E-state index >= 15 is 0 Å². The maximum absolute atomic E-state index is 13.2. The van der Waals surface area contributed by atoms with E-state index in [-0.39, 0.29) is 17.2 Å². The summed E-state index contributed by atoms with van der Waals surface area (Å²) in [4.78, 5) is 35.2. The zero-order valence-corrected chi connectivity index (χ0v) is 23.3. The van der Waals surface area contributed by atoms with E-state index < -0.39 is 43.0 Å². The number of oxazole rings is 1. The molecule has 3 aromatic rings. The number of rotatable bonds is 8. The lowest BCUT2D eigenvalue weighted by atomic mass is 10.1. The van der Waals surface area contributed by atoms with Crippen molar-refractivity contribution in [2.24, 2.45) is 0 Å². The van der Waals surface area contributed by atoms with E-state index in [0.29, 0.717) is 24.7 Å². The molecule has 0 radical (unpaired) electrons. The summed E-state index contributed by atoms with van der Waals surface area (Å²) >= 11 is 0. The molecule has 0 bridgehead atoms. The molecule has 2 aromatic carbocycles. The van der Waals surface area contributed by atoms with Crippen LogP contribution in [0.15, 0.2) is 53.1 Å². The molecule has 6 rings (SSSR count). The van der Waals surface area contributed by atoms with Crippen LogP contribution < -0.4 is 20.4 Å². The van der Waals surface area contributed by atoms with Crippen LogP contribution >= 0.6 is 0 Å². The topological polar surface area (TPSA) is 161 Å². The van der Waals surface area contributed by atoms with Gasteiger partial charge in [-0.2, -0.15) is 0 Å². The molecular formula is C30H35N5O7. The van der Waals surface area contributed by atoms with Crippen molar-refractivity contribution < 1.29 is 34.1 Å². The summed E-state index contributed by atoms with van der Waals surface area (Å²) in [7, 11) is 0. The predicted octanol–water partition coefficient (Wildman–Crippen LogP) is 1.61. The van der Waals surface area contributed by atoms with Gasteiger partial charge in [0.2, 0.25) is 0 Å². The Morgan fingerprint density at radius 2 is 1.69 bits per heavy atom. The van der Waals surface area contributed by atoms with Crippen molar-refractivity contribution in [3.05, 3.63) is 71.4 Å². The van der Waals surface area contributed by atoms with E-state index in [1.165, 1.54) is 17.5 Å². The Balaban J connectivity index is 1.22. The summed E-state index contributed by atoms with van der Waals surface area (Å²) in [6, 6.07) is 13.3. The highest BCUT2D eigenvalue weighted by atomic mass is 16.6. The Hall–Kier alpha value is -3.97. The van der Waals surface area contributed by atoms with E-state index in [2.05, 4.69) is 44.5 Å². The largest absolute Gasteiger partial charge is 0.448 e. The van der Waals surface area contributed by atoms with Gasteiger partial charge in [-0.1, -0.05) is 18.2 Å². The van der Waals surface area contributed by atoms with Gasteiger partial charge in [0.15, 0.2) is 17.8 Å². The fourth-order valence-electron chi connectivity index (χ4n) is 5.49. The molecule has 4 atom stereocenters. The number of aliphatic hydroxyl groups excluding tert-OH is 3. The number of anilines is 3. The number of hydrogen-bond acceptors (Lipinski definition) is 10.